The number of nitrogens with zero attached hydrogens (tertiary/aromatic N) is 1. The molecule has 1 amide bonds. The van der Waals surface area contributed by atoms with Crippen molar-refractivity contribution >= 4 is 5.91 Å². The molecule has 0 bridgehead atoms. The number of aliphatic hydroxyl groups is 1. The molecule has 0 aromatic rings. The van der Waals surface area contributed by atoms with E-state index in [2.05, 4.69) is 6.08 Å². The van der Waals surface area contributed by atoms with Gasteiger partial charge < -0.3 is 14.7 Å². The van der Waals surface area contributed by atoms with Crippen molar-refractivity contribution in [1.29, 1.82) is 0 Å². The molecule has 1 saturated carbocycles. The molecule has 21 heavy (non-hydrogen) atoms. The standard InChI is InChI=1S/C17H27NO3/c19-16-8-4-7-14(16)15-12-21-10-9-18(15)17(20)11-13-5-2-1-3-6-13/h5,14-16,19H,1-4,6-12H2. The summed E-state index contributed by atoms with van der Waals surface area (Å²) in [7, 11) is 0. The minimum atomic E-state index is -0.263. The molecule has 3 atom stereocenters. The highest BCUT2D eigenvalue weighted by molar-refractivity contribution is 5.79. The fourth-order valence-corrected chi connectivity index (χ4v) is 4.07. The van der Waals surface area contributed by atoms with Crippen LogP contribution in [0.4, 0.5) is 0 Å². The predicted octanol–water partition coefficient (Wildman–Crippen LogP) is 2.27. The molecule has 3 rings (SSSR count). The molecule has 0 aromatic carbocycles. The first-order valence-electron chi connectivity index (χ1n) is 8.49. The van der Waals surface area contributed by atoms with Gasteiger partial charge in [-0.15, -0.1) is 0 Å². The van der Waals surface area contributed by atoms with Gasteiger partial charge in [0.15, 0.2) is 0 Å². The number of aliphatic hydroxyl groups excluding tert-OH is 1. The molecule has 1 N–H and O–H groups in total. The van der Waals surface area contributed by atoms with E-state index < -0.39 is 0 Å². The van der Waals surface area contributed by atoms with Crippen LogP contribution in [0.15, 0.2) is 11.6 Å². The van der Waals surface area contributed by atoms with E-state index in [4.69, 9.17) is 4.74 Å². The highest BCUT2D eigenvalue weighted by atomic mass is 16.5. The number of morpholine rings is 1. The molecular formula is C17H27NO3. The van der Waals surface area contributed by atoms with Crippen LogP contribution in [0, 0.1) is 5.92 Å². The molecule has 3 aliphatic rings. The summed E-state index contributed by atoms with van der Waals surface area (Å²) in [5, 5.41) is 10.2. The Bertz CT molecular complexity index is 407. The highest BCUT2D eigenvalue weighted by Gasteiger charge is 2.39. The average molecular weight is 293 g/mol. The van der Waals surface area contributed by atoms with Crippen LogP contribution in [0.25, 0.3) is 0 Å². The molecule has 2 aliphatic carbocycles. The second-order valence-corrected chi connectivity index (χ2v) is 6.68. The van der Waals surface area contributed by atoms with Crippen LogP contribution in [-0.4, -0.2) is 47.8 Å². The Balaban J connectivity index is 1.65. The van der Waals surface area contributed by atoms with Crippen LogP contribution in [-0.2, 0) is 9.53 Å². The fraction of sp³-hybridized carbons (Fsp3) is 0.824. The van der Waals surface area contributed by atoms with Gasteiger partial charge in [0.25, 0.3) is 0 Å². The third-order valence-electron chi connectivity index (χ3n) is 5.27. The van der Waals surface area contributed by atoms with Gasteiger partial charge in [-0.05, 0) is 38.5 Å². The van der Waals surface area contributed by atoms with Crippen molar-refractivity contribution < 1.29 is 14.6 Å². The molecule has 4 nitrogen and oxygen atoms in total. The number of hydrogen-bond acceptors (Lipinski definition) is 3. The van der Waals surface area contributed by atoms with Crippen molar-refractivity contribution in [3.05, 3.63) is 11.6 Å². The first-order chi connectivity index (χ1) is 10.3. The monoisotopic (exact) mass is 293 g/mol. The van der Waals surface area contributed by atoms with E-state index in [-0.39, 0.29) is 24.0 Å². The SMILES string of the molecule is O=C(CC1=CCCCC1)N1CCOCC1C1CCCC1O. The van der Waals surface area contributed by atoms with E-state index in [9.17, 15) is 9.90 Å². The zero-order valence-electron chi connectivity index (χ0n) is 12.8. The molecule has 0 aromatic heterocycles. The third kappa shape index (κ3) is 3.49. The van der Waals surface area contributed by atoms with Gasteiger partial charge >= 0.3 is 0 Å². The van der Waals surface area contributed by atoms with Gasteiger partial charge in [-0.25, -0.2) is 0 Å². The van der Waals surface area contributed by atoms with Crippen LogP contribution >= 0.6 is 0 Å². The lowest BCUT2D eigenvalue weighted by atomic mass is 9.92. The van der Waals surface area contributed by atoms with Crippen LogP contribution < -0.4 is 0 Å². The van der Waals surface area contributed by atoms with Gasteiger partial charge in [0, 0.05) is 18.9 Å². The average Bonchev–Trinajstić information content (AvgIpc) is 2.94. The topological polar surface area (TPSA) is 49.8 Å². The Morgan fingerprint density at radius 2 is 2.24 bits per heavy atom. The van der Waals surface area contributed by atoms with Crippen LogP contribution in [0.2, 0.25) is 0 Å². The summed E-state index contributed by atoms with van der Waals surface area (Å²) in [5.74, 6) is 0.435. The van der Waals surface area contributed by atoms with Crippen LogP contribution in [0.5, 0.6) is 0 Å². The first kappa shape index (κ1) is 15.0. The largest absolute Gasteiger partial charge is 0.393 e. The molecule has 3 unspecified atom stereocenters. The van der Waals surface area contributed by atoms with E-state index in [0.717, 1.165) is 32.1 Å². The summed E-state index contributed by atoms with van der Waals surface area (Å²) in [6.45, 7) is 1.90. The molecule has 1 aliphatic heterocycles. The van der Waals surface area contributed by atoms with Crippen LogP contribution in [0.3, 0.4) is 0 Å². The Morgan fingerprint density at radius 1 is 1.33 bits per heavy atom. The summed E-state index contributed by atoms with van der Waals surface area (Å²) in [5.41, 5.74) is 1.31. The number of ether oxygens (including phenoxy) is 1. The van der Waals surface area contributed by atoms with Crippen molar-refractivity contribution in [3.63, 3.8) is 0 Å². The second-order valence-electron chi connectivity index (χ2n) is 6.68. The second kappa shape index (κ2) is 6.93. The summed E-state index contributed by atoms with van der Waals surface area (Å²) < 4.78 is 5.59. The van der Waals surface area contributed by atoms with Crippen molar-refractivity contribution in [3.8, 4) is 0 Å². The number of amides is 1. The molecule has 4 heteroatoms. The Kier molecular flexibility index (Phi) is 4.96. The fourth-order valence-electron chi connectivity index (χ4n) is 4.07. The van der Waals surface area contributed by atoms with Gasteiger partial charge in [-0.2, -0.15) is 0 Å². The lowest BCUT2D eigenvalue weighted by molar-refractivity contribution is -0.143. The van der Waals surface area contributed by atoms with Gasteiger partial charge in [-0.1, -0.05) is 18.1 Å². The number of carbonyl (C=O) groups excluding carboxylic acids is 1. The number of rotatable bonds is 3. The van der Waals surface area contributed by atoms with Crippen molar-refractivity contribution in [2.75, 3.05) is 19.8 Å². The van der Waals surface area contributed by atoms with Gasteiger partial charge in [-0.3, -0.25) is 4.79 Å². The summed E-state index contributed by atoms with van der Waals surface area (Å²) in [6, 6.07) is 0.0768. The number of hydrogen-bond donors (Lipinski definition) is 1. The van der Waals surface area contributed by atoms with Crippen molar-refractivity contribution in [2.45, 2.75) is 63.5 Å². The van der Waals surface area contributed by atoms with Crippen LogP contribution in [0.1, 0.15) is 51.4 Å². The normalized spacial score (nSPS) is 33.9. The molecule has 1 saturated heterocycles. The molecule has 0 radical (unpaired) electrons. The maximum Gasteiger partial charge on any atom is 0.227 e. The smallest absolute Gasteiger partial charge is 0.227 e. The Hall–Kier alpha value is -0.870. The minimum Gasteiger partial charge on any atom is -0.393 e. The third-order valence-corrected chi connectivity index (χ3v) is 5.27. The Morgan fingerprint density at radius 3 is 2.95 bits per heavy atom. The van der Waals surface area contributed by atoms with Crippen molar-refractivity contribution in [2.24, 2.45) is 5.92 Å². The van der Waals surface area contributed by atoms with E-state index in [1.165, 1.54) is 18.4 Å². The number of allylic oxidation sites excluding steroid dienone is 1. The maximum absolute atomic E-state index is 12.7. The van der Waals surface area contributed by atoms with Gasteiger partial charge in [0.1, 0.15) is 0 Å². The first-order valence-corrected chi connectivity index (χ1v) is 8.49. The predicted molar refractivity (Wildman–Crippen MR) is 80.8 cm³/mol. The summed E-state index contributed by atoms with van der Waals surface area (Å²) >= 11 is 0. The molecule has 118 valence electrons. The molecule has 0 spiro atoms. The van der Waals surface area contributed by atoms with Gasteiger partial charge in [0.2, 0.25) is 5.91 Å². The quantitative estimate of drug-likeness (QED) is 0.812. The molecule has 2 fully saturated rings. The Labute approximate surface area is 127 Å². The van der Waals surface area contributed by atoms with E-state index in [1.54, 1.807) is 0 Å². The lowest BCUT2D eigenvalue weighted by Gasteiger charge is -2.40. The van der Waals surface area contributed by atoms with E-state index in [0.29, 0.717) is 26.2 Å². The summed E-state index contributed by atoms with van der Waals surface area (Å²) in [4.78, 5) is 14.7. The van der Waals surface area contributed by atoms with E-state index >= 15 is 0 Å². The maximum atomic E-state index is 12.7. The van der Waals surface area contributed by atoms with Gasteiger partial charge in [0.05, 0.1) is 25.4 Å². The molecule has 1 heterocycles. The molecular weight excluding hydrogens is 266 g/mol. The van der Waals surface area contributed by atoms with E-state index in [1.807, 2.05) is 4.90 Å². The number of carbonyl (C=O) groups is 1. The zero-order chi connectivity index (χ0) is 14.7. The lowest BCUT2D eigenvalue weighted by Crippen LogP contribution is -2.53. The minimum absolute atomic E-state index is 0.0768. The summed E-state index contributed by atoms with van der Waals surface area (Å²) in [6.07, 6.45) is 10.2. The zero-order valence-corrected chi connectivity index (χ0v) is 12.8. The van der Waals surface area contributed by atoms with Crippen molar-refractivity contribution in [1.82, 2.24) is 4.90 Å². The highest BCUT2D eigenvalue weighted by Crippen LogP contribution is 2.33.